The monoisotopic (exact) mass is 406 g/mol. The lowest BCUT2D eigenvalue weighted by molar-refractivity contribution is -0.115. The van der Waals surface area contributed by atoms with Crippen molar-refractivity contribution >= 4 is 29.1 Å². The zero-order chi connectivity index (χ0) is 20.6. The van der Waals surface area contributed by atoms with E-state index < -0.39 is 0 Å². The second-order valence-corrected chi connectivity index (χ2v) is 8.28. The third-order valence-electron chi connectivity index (χ3n) is 4.83. The summed E-state index contributed by atoms with van der Waals surface area (Å²) in [5, 5.41) is 7.79. The van der Waals surface area contributed by atoms with Gasteiger partial charge in [-0.2, -0.15) is 5.10 Å². The molecule has 1 amide bonds. The number of halogens is 1. The Morgan fingerprint density at radius 1 is 1.34 bits per heavy atom. The topological polar surface area (TPSA) is 77.1 Å². The van der Waals surface area contributed by atoms with Crippen LogP contribution in [0, 0.1) is 12.0 Å². The minimum atomic E-state index is -0.262. The summed E-state index contributed by atoms with van der Waals surface area (Å²) in [6.45, 7) is 12.3. The van der Waals surface area contributed by atoms with Crippen molar-refractivity contribution in [1.29, 1.82) is 0 Å². The van der Waals surface area contributed by atoms with Gasteiger partial charge in [-0.25, -0.2) is 4.98 Å². The van der Waals surface area contributed by atoms with Crippen molar-refractivity contribution in [1.82, 2.24) is 19.7 Å². The average Bonchev–Trinajstić information content (AvgIpc) is 3.18. The number of carbonyl (C=O) groups is 1. The molecule has 7 nitrogen and oxygen atoms in total. The molecule has 0 spiro atoms. The predicted octanol–water partition coefficient (Wildman–Crippen LogP) is 4.31. The van der Waals surface area contributed by atoms with Crippen molar-refractivity contribution in [2.45, 2.75) is 33.2 Å². The third kappa shape index (κ3) is 3.98. The average molecular weight is 407 g/mol. The van der Waals surface area contributed by atoms with E-state index in [9.17, 15) is 4.79 Å². The second-order valence-electron chi connectivity index (χ2n) is 7.88. The second kappa shape index (κ2) is 7.30. The van der Waals surface area contributed by atoms with Gasteiger partial charge in [-0.15, -0.1) is 4.98 Å². The zero-order valence-electron chi connectivity index (χ0n) is 16.1. The van der Waals surface area contributed by atoms with Crippen LogP contribution in [-0.4, -0.2) is 25.7 Å². The van der Waals surface area contributed by atoms with Crippen LogP contribution in [0.2, 0.25) is 5.02 Å². The highest BCUT2D eigenvalue weighted by atomic mass is 35.5. The van der Waals surface area contributed by atoms with E-state index >= 15 is 0 Å². The van der Waals surface area contributed by atoms with Crippen LogP contribution < -0.4 is 5.32 Å². The van der Waals surface area contributed by atoms with Crippen LogP contribution >= 0.6 is 11.6 Å². The number of carbonyl (C=O) groups excluding carboxylic acids is 1. The molecular formula is C21H19ClN6O. The van der Waals surface area contributed by atoms with Crippen LogP contribution in [0.5, 0.6) is 0 Å². The zero-order valence-corrected chi connectivity index (χ0v) is 16.9. The Morgan fingerprint density at radius 3 is 2.97 bits per heavy atom. The molecule has 146 valence electrons. The van der Waals surface area contributed by atoms with Crippen molar-refractivity contribution in [3.63, 3.8) is 0 Å². The molecule has 0 saturated carbocycles. The molecule has 8 heteroatoms. The molecule has 0 saturated heterocycles. The van der Waals surface area contributed by atoms with Crippen molar-refractivity contribution in [3.05, 3.63) is 64.5 Å². The van der Waals surface area contributed by atoms with Gasteiger partial charge in [-0.1, -0.05) is 38.1 Å². The SMILES string of the molecule is [C-]#[N+]c1cccc(CC(=O)Nc2cc(-c3cnn4c3CC(C)(C)C4)c(Cl)cn2)n1. The Bertz CT molecular complexity index is 1140. The highest BCUT2D eigenvalue weighted by molar-refractivity contribution is 6.33. The summed E-state index contributed by atoms with van der Waals surface area (Å²) in [5.41, 5.74) is 3.58. The number of rotatable bonds is 4. The summed E-state index contributed by atoms with van der Waals surface area (Å²) in [4.78, 5) is 24.1. The molecule has 4 heterocycles. The lowest BCUT2D eigenvalue weighted by Crippen LogP contribution is -2.16. The van der Waals surface area contributed by atoms with Gasteiger partial charge in [0.25, 0.3) is 5.82 Å². The van der Waals surface area contributed by atoms with Crippen LogP contribution in [0.4, 0.5) is 11.6 Å². The Kier molecular flexibility index (Phi) is 4.81. The fourth-order valence-corrected chi connectivity index (χ4v) is 3.77. The first-order valence-corrected chi connectivity index (χ1v) is 9.56. The lowest BCUT2D eigenvalue weighted by atomic mass is 9.89. The third-order valence-corrected chi connectivity index (χ3v) is 5.13. The van der Waals surface area contributed by atoms with Gasteiger partial charge in [0.1, 0.15) is 11.5 Å². The number of amides is 1. The molecule has 0 aromatic carbocycles. The van der Waals surface area contributed by atoms with Crippen molar-refractivity contribution in [3.8, 4) is 11.1 Å². The molecule has 0 fully saturated rings. The minimum Gasteiger partial charge on any atom is -0.361 e. The van der Waals surface area contributed by atoms with Gasteiger partial charge >= 0.3 is 0 Å². The first kappa shape index (κ1) is 19.1. The molecule has 1 N–H and O–H groups in total. The standard InChI is InChI=1S/C21H19ClN6O/c1-21(2)9-17-15(10-25-28(17)12-21)14-8-19(24-11-16(14)22)27-20(29)7-13-5-4-6-18(23-3)26-13/h4-6,8,10-11H,7,9,12H2,1-2H3,(H,24,27,29). The number of fused-ring (bicyclic) bond motifs is 1. The smallest absolute Gasteiger partial charge is 0.269 e. The van der Waals surface area contributed by atoms with E-state index in [4.69, 9.17) is 18.2 Å². The number of pyridine rings is 2. The summed E-state index contributed by atoms with van der Waals surface area (Å²) in [6.07, 6.45) is 4.32. The summed E-state index contributed by atoms with van der Waals surface area (Å²) in [7, 11) is 0. The number of anilines is 1. The molecule has 3 aromatic heterocycles. The summed E-state index contributed by atoms with van der Waals surface area (Å²) in [5.74, 6) is 0.412. The molecule has 1 aliphatic heterocycles. The van der Waals surface area contributed by atoms with Crippen molar-refractivity contribution in [2.24, 2.45) is 5.41 Å². The van der Waals surface area contributed by atoms with Crippen LogP contribution in [0.15, 0.2) is 36.7 Å². The molecule has 0 radical (unpaired) electrons. The van der Waals surface area contributed by atoms with Crippen LogP contribution in [-0.2, 0) is 24.2 Å². The van der Waals surface area contributed by atoms with E-state index in [0.717, 1.165) is 29.8 Å². The predicted molar refractivity (Wildman–Crippen MR) is 111 cm³/mol. The first-order valence-electron chi connectivity index (χ1n) is 9.18. The van der Waals surface area contributed by atoms with E-state index in [2.05, 4.69) is 39.1 Å². The number of nitrogens with zero attached hydrogens (tertiary/aromatic N) is 5. The van der Waals surface area contributed by atoms with Crippen molar-refractivity contribution < 1.29 is 4.79 Å². The maximum Gasteiger partial charge on any atom is 0.269 e. The van der Waals surface area contributed by atoms with E-state index in [1.165, 1.54) is 6.20 Å². The Morgan fingerprint density at radius 2 is 2.17 bits per heavy atom. The Labute approximate surface area is 173 Å². The van der Waals surface area contributed by atoms with E-state index in [1.54, 1.807) is 24.3 Å². The number of nitrogens with one attached hydrogen (secondary N) is 1. The van der Waals surface area contributed by atoms with Crippen LogP contribution in [0.25, 0.3) is 16.0 Å². The molecule has 0 aliphatic carbocycles. The normalized spacial score (nSPS) is 14.3. The highest BCUT2D eigenvalue weighted by Crippen LogP contribution is 2.39. The number of aromatic nitrogens is 4. The molecule has 1 aliphatic rings. The highest BCUT2D eigenvalue weighted by Gasteiger charge is 2.32. The van der Waals surface area contributed by atoms with Gasteiger partial charge in [-0.05, 0) is 30.0 Å². The first-order chi connectivity index (χ1) is 13.8. The number of hydrogen-bond donors (Lipinski definition) is 1. The van der Waals surface area contributed by atoms with E-state index in [0.29, 0.717) is 16.5 Å². The number of hydrogen-bond acceptors (Lipinski definition) is 4. The van der Waals surface area contributed by atoms with Gasteiger partial charge in [0.15, 0.2) is 0 Å². The Hall–Kier alpha value is -3.24. The molecule has 4 rings (SSSR count). The van der Waals surface area contributed by atoms with Gasteiger partial charge in [-0.3, -0.25) is 9.48 Å². The van der Waals surface area contributed by atoms with Crippen LogP contribution in [0.1, 0.15) is 25.2 Å². The molecule has 29 heavy (non-hydrogen) atoms. The Balaban J connectivity index is 1.55. The lowest BCUT2D eigenvalue weighted by Gasteiger charge is -2.14. The summed E-state index contributed by atoms with van der Waals surface area (Å²) < 4.78 is 2.01. The minimum absolute atomic E-state index is 0.0559. The largest absolute Gasteiger partial charge is 0.361 e. The van der Waals surface area contributed by atoms with E-state index in [1.807, 2.05) is 10.9 Å². The van der Waals surface area contributed by atoms with E-state index in [-0.39, 0.29) is 23.6 Å². The van der Waals surface area contributed by atoms with Gasteiger partial charge < -0.3 is 10.2 Å². The van der Waals surface area contributed by atoms with Gasteiger partial charge in [0.2, 0.25) is 5.91 Å². The molecular weight excluding hydrogens is 388 g/mol. The quantitative estimate of drug-likeness (QED) is 0.655. The van der Waals surface area contributed by atoms with Gasteiger partial charge in [0, 0.05) is 29.6 Å². The summed E-state index contributed by atoms with van der Waals surface area (Å²) in [6, 6.07) is 6.80. The van der Waals surface area contributed by atoms with Gasteiger partial charge in [0.05, 0.1) is 17.6 Å². The maximum atomic E-state index is 12.4. The fraction of sp³-hybridized carbons (Fsp3) is 0.286. The molecule has 0 bridgehead atoms. The maximum absolute atomic E-state index is 12.4. The molecule has 0 atom stereocenters. The van der Waals surface area contributed by atoms with Crippen LogP contribution in [0.3, 0.4) is 0 Å². The van der Waals surface area contributed by atoms with Crippen molar-refractivity contribution in [2.75, 3.05) is 5.32 Å². The molecule has 0 unspecified atom stereocenters. The fourth-order valence-electron chi connectivity index (χ4n) is 3.57. The molecule has 3 aromatic rings. The summed E-state index contributed by atoms with van der Waals surface area (Å²) >= 11 is 6.41.